The minimum absolute atomic E-state index is 0.976. The summed E-state index contributed by atoms with van der Waals surface area (Å²) in [5, 5.41) is 4.05. The first-order chi connectivity index (χ1) is 17.8. The number of rotatable bonds is 4. The van der Waals surface area contributed by atoms with Crippen LogP contribution in [-0.4, -0.2) is 9.13 Å². The van der Waals surface area contributed by atoms with E-state index in [0.29, 0.717) is 0 Å². The number of hydrogen-bond donors (Lipinski definition) is 0. The van der Waals surface area contributed by atoms with Gasteiger partial charge in [-0.15, -0.1) is 0 Å². The third-order valence-electron chi connectivity index (χ3n) is 8.04. The Labute approximate surface area is 212 Å². The van der Waals surface area contributed by atoms with Gasteiger partial charge < -0.3 is 9.13 Å². The van der Waals surface area contributed by atoms with Crippen molar-refractivity contribution in [3.63, 3.8) is 0 Å². The summed E-state index contributed by atoms with van der Waals surface area (Å²) in [6.07, 6.45) is 4.62. The SMILES string of the molecule is CCn1c2c(c3ccccc31)C=C(c1cccc(-c3ccc4c(c3)c3ccccc3n4CC)c1)CC2. The molecule has 2 heterocycles. The molecule has 36 heavy (non-hydrogen) atoms. The van der Waals surface area contributed by atoms with E-state index in [-0.39, 0.29) is 0 Å². The Morgan fingerprint density at radius 1 is 0.556 bits per heavy atom. The second kappa shape index (κ2) is 8.27. The first-order valence-electron chi connectivity index (χ1n) is 13.2. The summed E-state index contributed by atoms with van der Waals surface area (Å²) < 4.78 is 4.92. The third-order valence-corrected chi connectivity index (χ3v) is 8.04. The summed E-state index contributed by atoms with van der Waals surface area (Å²) in [5.41, 5.74) is 12.2. The number of aromatic nitrogens is 2. The van der Waals surface area contributed by atoms with Crippen LogP contribution in [0.5, 0.6) is 0 Å². The molecule has 0 saturated carbocycles. The Kier molecular flexibility index (Phi) is 4.89. The van der Waals surface area contributed by atoms with Crippen LogP contribution in [0.1, 0.15) is 37.1 Å². The van der Waals surface area contributed by atoms with Crippen LogP contribution in [0.4, 0.5) is 0 Å². The predicted octanol–water partition coefficient (Wildman–Crippen LogP) is 8.94. The van der Waals surface area contributed by atoms with Crippen molar-refractivity contribution in [3.8, 4) is 11.1 Å². The third kappa shape index (κ3) is 3.10. The monoisotopic (exact) mass is 466 g/mol. The Morgan fingerprint density at radius 2 is 1.22 bits per heavy atom. The van der Waals surface area contributed by atoms with Crippen molar-refractivity contribution in [2.24, 2.45) is 0 Å². The predicted molar refractivity (Wildman–Crippen MR) is 154 cm³/mol. The zero-order valence-corrected chi connectivity index (χ0v) is 21.0. The van der Waals surface area contributed by atoms with Gasteiger partial charge in [0.25, 0.3) is 0 Å². The number of aryl methyl sites for hydroxylation is 2. The van der Waals surface area contributed by atoms with E-state index < -0.39 is 0 Å². The van der Waals surface area contributed by atoms with Gasteiger partial charge in [0, 0.05) is 57.1 Å². The number of para-hydroxylation sites is 2. The average molecular weight is 467 g/mol. The molecule has 0 fully saturated rings. The van der Waals surface area contributed by atoms with Crippen LogP contribution in [0.15, 0.2) is 91.0 Å². The Morgan fingerprint density at radius 3 is 2.03 bits per heavy atom. The molecule has 0 unspecified atom stereocenters. The van der Waals surface area contributed by atoms with Gasteiger partial charge in [-0.3, -0.25) is 0 Å². The molecule has 1 aliphatic carbocycles. The molecule has 2 aromatic heterocycles. The molecule has 176 valence electrons. The van der Waals surface area contributed by atoms with E-state index in [4.69, 9.17) is 0 Å². The molecule has 4 aromatic carbocycles. The largest absolute Gasteiger partial charge is 0.344 e. The van der Waals surface area contributed by atoms with E-state index in [2.05, 4.69) is 120 Å². The van der Waals surface area contributed by atoms with Crippen LogP contribution < -0.4 is 0 Å². The van der Waals surface area contributed by atoms with Crippen LogP contribution in [0.2, 0.25) is 0 Å². The first-order valence-corrected chi connectivity index (χ1v) is 13.2. The summed E-state index contributed by atoms with van der Waals surface area (Å²) >= 11 is 0. The van der Waals surface area contributed by atoms with Crippen LogP contribution in [0.3, 0.4) is 0 Å². The van der Waals surface area contributed by atoms with Crippen LogP contribution >= 0.6 is 0 Å². The minimum atomic E-state index is 0.976. The van der Waals surface area contributed by atoms with Gasteiger partial charge in [-0.2, -0.15) is 0 Å². The van der Waals surface area contributed by atoms with Gasteiger partial charge in [-0.25, -0.2) is 0 Å². The maximum absolute atomic E-state index is 2.50. The Balaban J connectivity index is 1.34. The smallest absolute Gasteiger partial charge is 0.0491 e. The molecular formula is C34H30N2. The van der Waals surface area contributed by atoms with E-state index in [0.717, 1.165) is 25.9 Å². The maximum atomic E-state index is 2.50. The quantitative estimate of drug-likeness (QED) is 0.245. The van der Waals surface area contributed by atoms with Gasteiger partial charge in [0.15, 0.2) is 0 Å². The van der Waals surface area contributed by atoms with Gasteiger partial charge in [0.1, 0.15) is 0 Å². The Bertz CT molecular complexity index is 1810. The summed E-state index contributed by atoms with van der Waals surface area (Å²) in [4.78, 5) is 0. The number of nitrogens with zero attached hydrogens (tertiary/aromatic N) is 2. The van der Waals surface area contributed by atoms with Crippen molar-refractivity contribution in [1.29, 1.82) is 0 Å². The molecular weight excluding hydrogens is 436 g/mol. The lowest BCUT2D eigenvalue weighted by molar-refractivity contribution is 0.731. The summed E-state index contributed by atoms with van der Waals surface area (Å²) in [7, 11) is 0. The van der Waals surface area contributed by atoms with E-state index in [1.165, 1.54) is 66.2 Å². The summed E-state index contributed by atoms with van der Waals surface area (Å²) in [6, 6.07) is 33.7. The van der Waals surface area contributed by atoms with Crippen molar-refractivity contribution in [1.82, 2.24) is 9.13 Å². The highest BCUT2D eigenvalue weighted by Crippen LogP contribution is 2.38. The molecule has 0 bridgehead atoms. The van der Waals surface area contributed by atoms with E-state index in [1.54, 1.807) is 0 Å². The zero-order valence-electron chi connectivity index (χ0n) is 21.0. The van der Waals surface area contributed by atoms with Gasteiger partial charge in [0.05, 0.1) is 0 Å². The molecule has 7 rings (SSSR count). The molecule has 1 aliphatic rings. The highest BCUT2D eigenvalue weighted by Gasteiger charge is 2.20. The van der Waals surface area contributed by atoms with Crippen molar-refractivity contribution in [3.05, 3.63) is 108 Å². The lowest BCUT2D eigenvalue weighted by Gasteiger charge is -2.17. The van der Waals surface area contributed by atoms with E-state index in [9.17, 15) is 0 Å². The lowest BCUT2D eigenvalue weighted by atomic mass is 9.90. The molecule has 0 amide bonds. The van der Waals surface area contributed by atoms with E-state index in [1.807, 2.05) is 0 Å². The molecule has 0 atom stereocenters. The second-order valence-electron chi connectivity index (χ2n) is 9.87. The van der Waals surface area contributed by atoms with E-state index >= 15 is 0 Å². The Hall–Kier alpha value is -4.04. The molecule has 0 aliphatic heterocycles. The fourth-order valence-corrected chi connectivity index (χ4v) is 6.37. The summed E-state index contributed by atoms with van der Waals surface area (Å²) in [6.45, 7) is 6.48. The van der Waals surface area contributed by atoms with Crippen LogP contribution in [0, 0.1) is 0 Å². The second-order valence-corrected chi connectivity index (χ2v) is 9.87. The highest BCUT2D eigenvalue weighted by molar-refractivity contribution is 6.09. The van der Waals surface area contributed by atoms with Crippen molar-refractivity contribution >= 4 is 44.4 Å². The van der Waals surface area contributed by atoms with Crippen molar-refractivity contribution < 1.29 is 0 Å². The highest BCUT2D eigenvalue weighted by atomic mass is 15.0. The molecule has 0 spiro atoms. The molecule has 2 heteroatoms. The van der Waals surface area contributed by atoms with Gasteiger partial charge in [-0.05, 0) is 85.4 Å². The fourth-order valence-electron chi connectivity index (χ4n) is 6.37. The molecule has 6 aromatic rings. The normalized spacial score (nSPS) is 13.4. The van der Waals surface area contributed by atoms with Crippen LogP contribution in [-0.2, 0) is 19.5 Å². The first kappa shape index (κ1) is 21.3. The minimum Gasteiger partial charge on any atom is -0.344 e. The molecule has 0 saturated heterocycles. The lowest BCUT2D eigenvalue weighted by Crippen LogP contribution is -2.05. The number of benzene rings is 4. The standard InChI is InChI=1S/C34H30N2/c1-3-35-31-14-7-5-12-27(31)29-21-25(16-18-33(29)35)23-10-9-11-24(20-23)26-17-19-34-30(22-26)28-13-6-8-15-32(28)36(34)4-2/h5-16,18,20-22H,3-4,17,19H2,1-2H3. The molecule has 0 radical (unpaired) electrons. The fraction of sp³-hybridized carbons (Fsp3) is 0.176. The number of allylic oxidation sites excluding steroid dienone is 1. The van der Waals surface area contributed by atoms with Gasteiger partial charge >= 0.3 is 0 Å². The van der Waals surface area contributed by atoms with Crippen LogP contribution in [0.25, 0.3) is 55.5 Å². The maximum Gasteiger partial charge on any atom is 0.0491 e. The molecule has 2 nitrogen and oxygen atoms in total. The average Bonchev–Trinajstić information content (AvgIpc) is 3.44. The summed E-state index contributed by atoms with van der Waals surface area (Å²) in [5.74, 6) is 0. The topological polar surface area (TPSA) is 9.86 Å². The van der Waals surface area contributed by atoms with Gasteiger partial charge in [-0.1, -0.05) is 60.7 Å². The zero-order chi connectivity index (χ0) is 24.2. The number of fused-ring (bicyclic) bond motifs is 6. The van der Waals surface area contributed by atoms with Crippen molar-refractivity contribution in [2.75, 3.05) is 0 Å². The number of hydrogen-bond acceptors (Lipinski definition) is 0. The molecule has 0 N–H and O–H groups in total. The van der Waals surface area contributed by atoms with Crippen molar-refractivity contribution in [2.45, 2.75) is 39.8 Å². The van der Waals surface area contributed by atoms with Gasteiger partial charge in [0.2, 0.25) is 0 Å².